The van der Waals surface area contributed by atoms with Gasteiger partial charge in [0.15, 0.2) is 24.1 Å². The van der Waals surface area contributed by atoms with Gasteiger partial charge in [0.1, 0.15) is 30.3 Å². The average molecular weight is 1560 g/mol. The summed E-state index contributed by atoms with van der Waals surface area (Å²) in [6, 6.07) is 61.8. The van der Waals surface area contributed by atoms with Crippen LogP contribution in [0.3, 0.4) is 0 Å². The van der Waals surface area contributed by atoms with Crippen LogP contribution in [0.5, 0.6) is 0 Å². The van der Waals surface area contributed by atoms with Crippen LogP contribution in [-0.4, -0.2) is 99.1 Å². The van der Waals surface area contributed by atoms with Crippen molar-refractivity contribution in [1.82, 2.24) is 26.3 Å². The van der Waals surface area contributed by atoms with Crippen molar-refractivity contribution in [2.45, 2.75) is 143 Å². The molecular formula is C87H96N8O13S3. The van der Waals surface area contributed by atoms with E-state index in [4.69, 9.17) is 66.7 Å². The molecule has 3 amide bonds. The molecule has 2 aliphatic heterocycles. The molecule has 0 saturated carbocycles. The fourth-order valence-corrected chi connectivity index (χ4v) is 13.8. The number of nitrogens with one attached hydrogen (secondary N) is 2. The summed E-state index contributed by atoms with van der Waals surface area (Å²) in [7, 11) is 0. The molecule has 111 heavy (non-hydrogen) atoms. The minimum absolute atomic E-state index is 0.000964. The number of thiocarbonyl (C=S) groups is 2. The van der Waals surface area contributed by atoms with Gasteiger partial charge in [0.25, 0.3) is 11.8 Å². The second-order valence-electron chi connectivity index (χ2n) is 27.8. The zero-order valence-corrected chi connectivity index (χ0v) is 65.9. The molecule has 5 heterocycles. The van der Waals surface area contributed by atoms with E-state index in [1.165, 1.54) is 22.3 Å². The van der Waals surface area contributed by atoms with Gasteiger partial charge >= 0.3 is 6.09 Å². The number of amides is 3. The third-order valence-electron chi connectivity index (χ3n) is 19.1. The van der Waals surface area contributed by atoms with Crippen molar-refractivity contribution in [2.24, 2.45) is 34.2 Å². The quantitative estimate of drug-likeness (QED) is 0.0117. The summed E-state index contributed by atoms with van der Waals surface area (Å²) in [6.45, 7) is 16.3. The molecule has 24 heteroatoms. The number of benzene rings is 7. The Kier molecular flexibility index (Phi) is 33.2. The van der Waals surface area contributed by atoms with Crippen LogP contribution in [0, 0.1) is 17.8 Å². The molecule has 7 N–H and O–H groups in total. The minimum atomic E-state index is -0.693. The summed E-state index contributed by atoms with van der Waals surface area (Å²) >= 11 is 11.0. The van der Waals surface area contributed by atoms with Crippen LogP contribution in [0.15, 0.2) is 214 Å². The highest BCUT2D eigenvalue weighted by atomic mass is 32.1. The Bertz CT molecular complexity index is 4620. The number of ether oxygens (including phenoxy) is 4. The molecule has 5 atom stereocenters. The number of isothiocyanates is 1. The molecule has 2 unspecified atom stereocenters. The molecule has 0 bridgehead atoms. The van der Waals surface area contributed by atoms with E-state index < -0.39 is 12.0 Å². The molecule has 1 aliphatic carbocycles. The van der Waals surface area contributed by atoms with E-state index in [0.717, 1.165) is 95.8 Å². The van der Waals surface area contributed by atoms with Crippen LogP contribution in [-0.2, 0) is 30.2 Å². The Morgan fingerprint density at radius 2 is 1.14 bits per heavy atom. The molecule has 7 aromatic carbocycles. The van der Waals surface area contributed by atoms with Crippen molar-refractivity contribution in [3.05, 3.63) is 255 Å². The lowest BCUT2D eigenvalue weighted by Crippen LogP contribution is -2.33. The third kappa shape index (κ3) is 25.2. The number of rotatable bonds is 25. The molecule has 2 fully saturated rings. The van der Waals surface area contributed by atoms with Gasteiger partial charge in [0, 0.05) is 96.2 Å². The van der Waals surface area contributed by atoms with E-state index in [1.807, 2.05) is 150 Å². The number of hydrogen-bond donors (Lipinski definition) is 5. The largest absolute Gasteiger partial charge is 0.446 e. The summed E-state index contributed by atoms with van der Waals surface area (Å²) in [5, 5.41) is 21.9. The Balaban J connectivity index is 0.000000162. The topological polar surface area (TPSA) is 305 Å². The molecule has 13 rings (SSSR count). The van der Waals surface area contributed by atoms with Crippen LogP contribution >= 0.6 is 35.8 Å². The highest BCUT2D eigenvalue weighted by molar-refractivity contribution is 7.80. The highest BCUT2D eigenvalue weighted by Crippen LogP contribution is 2.45. The zero-order chi connectivity index (χ0) is 79.2. The number of thiazole rings is 1. The van der Waals surface area contributed by atoms with Crippen molar-refractivity contribution in [3.63, 3.8) is 0 Å². The smallest absolute Gasteiger partial charge is 0.442 e. The first kappa shape index (κ1) is 84.8. The number of Topliss-reactive ketones (excluding diaryl/α,β-unsaturated/α-hetero) is 2. The third-order valence-corrected chi connectivity index (χ3v) is 20.2. The number of nitrogens with zero attached hydrogens (tertiary/aromatic N) is 4. The second kappa shape index (κ2) is 43.4. The number of aliphatic imine (C=N–C) groups is 1. The number of nitrogens with two attached hydrogens (primary N) is 2. The lowest BCUT2D eigenvalue weighted by atomic mass is 9.85. The normalized spacial score (nSPS) is 15.0. The Hall–Kier alpha value is -10.2. The number of fused-ring (bicyclic) bond motifs is 3. The summed E-state index contributed by atoms with van der Waals surface area (Å²) in [5.74, 6) is 1.89. The number of hydroxylamine groups is 2. The van der Waals surface area contributed by atoms with Gasteiger partial charge in [0.2, 0.25) is 11.5 Å². The number of ketones is 2. The van der Waals surface area contributed by atoms with Gasteiger partial charge in [0.05, 0.1) is 15.2 Å². The average Bonchev–Trinajstić information content (AvgIpc) is 1.61. The van der Waals surface area contributed by atoms with E-state index in [1.54, 1.807) is 54.1 Å². The molecule has 0 spiro atoms. The van der Waals surface area contributed by atoms with Crippen molar-refractivity contribution in [1.29, 1.82) is 0 Å². The molecule has 580 valence electrons. The van der Waals surface area contributed by atoms with Crippen LogP contribution < -0.4 is 22.4 Å². The Morgan fingerprint density at radius 3 is 1.68 bits per heavy atom. The van der Waals surface area contributed by atoms with Gasteiger partial charge in [-0.2, -0.15) is 0 Å². The first-order chi connectivity index (χ1) is 53.7. The standard InChI is InChI=1S/C24H23N3O3S.C18H26N2O3S.C17H25NO3.C16H11NO2S.C12H11NO2/c1-15(2)19(16-8-10-18(11-9-16)24(28)26-29)12-23-25-21(14-31-23)22-13-20(27-30-22)17-6-4-3-5-7-17;1-12(2)15(11-16(19)24)13-6-8-14(9-7-13)18(21)20-23-17-5-3-4-10-22-17;1-12(2)17(18)14-8-6-13(7-9-14)15(19)11-21-16-5-3-4-10-20-16;18-16(17-10-20)19-9-15-13-7-3-1-5-11(13)12-6-2-4-8-14(12)15;1-2-11(14)12-8-10(13-15-12)9-6-4-3-5-7-9/h3-11,13-15,19,29H,12H2,1-2H3,(H,26,28);6-9,12,15,17H,3-5,10-11H2,1-2H3,(H2,19,24)(H,20,21);6-9,12,16-17H,3-5,10-11,18H2,1-2H3;1-8,15H,9H2;3-8H,2H2,1H3/t19-;15-,17?;16?,17-;;/m111../s1. The maximum absolute atomic E-state index is 12.1. The maximum atomic E-state index is 12.1. The number of aromatic nitrogens is 3. The number of hydrogen-bond acceptors (Lipinski definition) is 20. The van der Waals surface area contributed by atoms with E-state index >= 15 is 0 Å². The molecule has 10 aromatic rings. The first-order valence-electron chi connectivity index (χ1n) is 37.3. The first-order valence-corrected chi connectivity index (χ1v) is 39.0. The molecule has 3 aromatic heterocycles. The molecule has 21 nitrogen and oxygen atoms in total. The van der Waals surface area contributed by atoms with Crippen LogP contribution in [0.1, 0.15) is 198 Å². The van der Waals surface area contributed by atoms with Gasteiger partial charge in [-0.05, 0) is 137 Å². The SMILES string of the molecule is CC(C)[C@@H](CC(N)=S)c1ccc(C(=O)NOC2CCCCO2)cc1.CC(C)[C@@H](Cc1nc(-c2cc(-c3ccccc3)no2)cs1)c1ccc(C(=O)NO)cc1.CC(C)[C@@H](N)c1ccc(C(=O)COC2CCCCO2)cc1.CCC(=O)c1cc(-c2ccccc2)no1.O=C(N=C=S)OCC1c2ccccc2-c2ccccc21. The van der Waals surface area contributed by atoms with Crippen molar-refractivity contribution in [2.75, 3.05) is 26.4 Å². The predicted molar refractivity (Wildman–Crippen MR) is 436 cm³/mol. The maximum Gasteiger partial charge on any atom is 0.442 e. The van der Waals surface area contributed by atoms with Gasteiger partial charge in [-0.3, -0.25) is 24.4 Å². The Morgan fingerprint density at radius 1 is 0.622 bits per heavy atom. The molecular weight excluding hydrogens is 1460 g/mol. The van der Waals surface area contributed by atoms with Gasteiger partial charge in [-0.25, -0.2) is 25.6 Å². The van der Waals surface area contributed by atoms with Gasteiger partial charge in [-0.1, -0.05) is 229 Å². The molecule has 0 radical (unpaired) electrons. The van der Waals surface area contributed by atoms with E-state index in [0.29, 0.717) is 76.1 Å². The number of carbonyl (C=O) groups excluding carboxylic acids is 5. The fraction of sp³-hybridized carbons (Fsp3) is 0.333. The summed E-state index contributed by atoms with van der Waals surface area (Å²) < 4.78 is 32.0. The highest BCUT2D eigenvalue weighted by Gasteiger charge is 2.30. The minimum Gasteiger partial charge on any atom is -0.446 e. The second-order valence-corrected chi connectivity index (χ2v) is 29.5. The Labute approximate surface area is 662 Å². The predicted octanol–water partition coefficient (Wildman–Crippen LogP) is 18.9. The number of carbonyl (C=O) groups is 5. The fourth-order valence-electron chi connectivity index (χ4n) is 12.7. The van der Waals surface area contributed by atoms with Gasteiger partial charge in [-0.15, -0.1) is 16.3 Å². The summed E-state index contributed by atoms with van der Waals surface area (Å²) in [4.78, 5) is 72.3. The monoisotopic (exact) mass is 1560 g/mol. The van der Waals surface area contributed by atoms with E-state index in [9.17, 15) is 24.0 Å². The summed E-state index contributed by atoms with van der Waals surface area (Å²) in [5.41, 5.74) is 29.8. The van der Waals surface area contributed by atoms with Crippen molar-refractivity contribution >= 4 is 75.4 Å². The van der Waals surface area contributed by atoms with E-state index in [-0.39, 0.29) is 67.1 Å². The molecule has 2 saturated heterocycles. The lowest BCUT2D eigenvalue weighted by molar-refractivity contribution is -0.186. The van der Waals surface area contributed by atoms with Crippen molar-refractivity contribution in [3.8, 4) is 45.1 Å². The lowest BCUT2D eigenvalue weighted by Gasteiger charge is -2.22. The van der Waals surface area contributed by atoms with Crippen molar-refractivity contribution < 1.29 is 62.0 Å². The van der Waals surface area contributed by atoms with Gasteiger partial charge < -0.3 is 39.5 Å². The van der Waals surface area contributed by atoms with Crippen LogP contribution in [0.25, 0.3) is 45.1 Å². The summed E-state index contributed by atoms with van der Waals surface area (Å²) in [6.07, 6.45) is 6.55. The van der Waals surface area contributed by atoms with Crippen LogP contribution in [0.4, 0.5) is 4.79 Å². The van der Waals surface area contributed by atoms with E-state index in [2.05, 4.69) is 98.8 Å². The van der Waals surface area contributed by atoms with Crippen LogP contribution in [0.2, 0.25) is 0 Å². The molecule has 3 aliphatic rings. The zero-order valence-electron chi connectivity index (χ0n) is 63.5.